The van der Waals surface area contributed by atoms with Gasteiger partial charge >= 0.3 is 0 Å². The molecule has 0 aliphatic rings. The van der Waals surface area contributed by atoms with Crippen molar-refractivity contribution in [3.63, 3.8) is 0 Å². The average molecular weight is 227 g/mol. The Morgan fingerprint density at radius 3 is 2.41 bits per heavy atom. The summed E-state index contributed by atoms with van der Waals surface area (Å²) in [5.41, 5.74) is 7.92. The van der Waals surface area contributed by atoms with E-state index >= 15 is 0 Å². The number of hydrogen-bond acceptors (Lipinski definition) is 3. The molecule has 0 aliphatic heterocycles. The summed E-state index contributed by atoms with van der Waals surface area (Å²) >= 11 is 0. The zero-order chi connectivity index (χ0) is 12.1. The molecule has 1 aromatic carbocycles. The van der Waals surface area contributed by atoms with E-state index in [2.05, 4.69) is 10.3 Å². The summed E-state index contributed by atoms with van der Waals surface area (Å²) in [5, 5.41) is 2.83. The first kappa shape index (κ1) is 11.1. The van der Waals surface area contributed by atoms with E-state index < -0.39 is 0 Å². The van der Waals surface area contributed by atoms with Crippen LogP contribution in [0.1, 0.15) is 15.9 Å². The fraction of sp³-hybridized carbons (Fsp3) is 0.0769. The maximum absolute atomic E-state index is 11.7. The second-order valence-corrected chi connectivity index (χ2v) is 3.66. The summed E-state index contributed by atoms with van der Waals surface area (Å²) in [5.74, 6) is -0.107. The van der Waals surface area contributed by atoms with E-state index in [1.807, 2.05) is 24.3 Å². The lowest BCUT2D eigenvalue weighted by Gasteiger charge is -2.05. The Morgan fingerprint density at radius 2 is 1.76 bits per heavy atom. The van der Waals surface area contributed by atoms with Gasteiger partial charge in [0, 0.05) is 30.2 Å². The largest absolute Gasteiger partial charge is 0.399 e. The van der Waals surface area contributed by atoms with E-state index in [0.29, 0.717) is 17.8 Å². The number of anilines is 1. The van der Waals surface area contributed by atoms with Crippen LogP contribution in [0.2, 0.25) is 0 Å². The number of nitrogens with two attached hydrogens (primary N) is 1. The van der Waals surface area contributed by atoms with Crippen molar-refractivity contribution >= 4 is 11.6 Å². The van der Waals surface area contributed by atoms with Crippen molar-refractivity contribution in [2.45, 2.75) is 6.54 Å². The van der Waals surface area contributed by atoms with Crippen LogP contribution in [0.15, 0.2) is 48.8 Å². The number of nitrogen functional groups attached to an aromatic ring is 1. The third-order valence-electron chi connectivity index (χ3n) is 2.38. The minimum absolute atomic E-state index is 0.107. The summed E-state index contributed by atoms with van der Waals surface area (Å²) in [6.45, 7) is 0.488. The molecule has 1 heterocycles. The first-order chi connectivity index (χ1) is 8.25. The molecular formula is C13H13N3O. The van der Waals surface area contributed by atoms with Gasteiger partial charge in [-0.1, -0.05) is 12.1 Å². The van der Waals surface area contributed by atoms with Gasteiger partial charge in [-0.15, -0.1) is 0 Å². The van der Waals surface area contributed by atoms with Crippen molar-refractivity contribution in [3.05, 3.63) is 59.9 Å². The van der Waals surface area contributed by atoms with Crippen molar-refractivity contribution in [1.82, 2.24) is 10.3 Å². The number of nitrogens with zero attached hydrogens (tertiary/aromatic N) is 1. The molecule has 0 radical (unpaired) electrons. The molecule has 3 N–H and O–H groups in total. The highest BCUT2D eigenvalue weighted by Gasteiger charge is 2.03. The monoisotopic (exact) mass is 227 g/mol. The van der Waals surface area contributed by atoms with Gasteiger partial charge in [0.1, 0.15) is 0 Å². The van der Waals surface area contributed by atoms with Gasteiger partial charge in [-0.25, -0.2) is 0 Å². The number of nitrogens with one attached hydrogen (secondary N) is 1. The van der Waals surface area contributed by atoms with Crippen LogP contribution in [0.25, 0.3) is 0 Å². The summed E-state index contributed by atoms with van der Waals surface area (Å²) < 4.78 is 0. The molecule has 0 saturated carbocycles. The summed E-state index contributed by atoms with van der Waals surface area (Å²) in [4.78, 5) is 15.6. The quantitative estimate of drug-likeness (QED) is 0.782. The molecule has 0 aliphatic carbocycles. The van der Waals surface area contributed by atoms with Crippen molar-refractivity contribution in [1.29, 1.82) is 0 Å². The zero-order valence-electron chi connectivity index (χ0n) is 9.26. The van der Waals surface area contributed by atoms with Crippen LogP contribution in [0.4, 0.5) is 5.69 Å². The molecule has 2 rings (SSSR count). The Morgan fingerprint density at radius 1 is 1.12 bits per heavy atom. The van der Waals surface area contributed by atoms with Crippen molar-refractivity contribution in [3.8, 4) is 0 Å². The number of benzene rings is 1. The van der Waals surface area contributed by atoms with Gasteiger partial charge in [-0.2, -0.15) is 0 Å². The number of amides is 1. The minimum Gasteiger partial charge on any atom is -0.399 e. The Bertz CT molecular complexity index is 494. The highest BCUT2D eigenvalue weighted by molar-refractivity contribution is 5.93. The molecular weight excluding hydrogens is 214 g/mol. The Labute approximate surface area is 99.5 Å². The van der Waals surface area contributed by atoms with E-state index in [9.17, 15) is 4.79 Å². The number of carbonyl (C=O) groups is 1. The van der Waals surface area contributed by atoms with Gasteiger partial charge in [0.15, 0.2) is 0 Å². The highest BCUT2D eigenvalue weighted by Crippen LogP contribution is 2.05. The predicted octanol–water partition coefficient (Wildman–Crippen LogP) is 1.59. The lowest BCUT2D eigenvalue weighted by molar-refractivity contribution is 0.0951. The van der Waals surface area contributed by atoms with Gasteiger partial charge in [0.2, 0.25) is 0 Å². The van der Waals surface area contributed by atoms with Crippen molar-refractivity contribution in [2.75, 3.05) is 5.73 Å². The lowest BCUT2D eigenvalue weighted by Crippen LogP contribution is -2.22. The Balaban J connectivity index is 1.95. The van der Waals surface area contributed by atoms with E-state index in [0.717, 1.165) is 5.56 Å². The summed E-state index contributed by atoms with van der Waals surface area (Å²) in [6, 6.07) is 10.8. The maximum Gasteiger partial charge on any atom is 0.251 e. The lowest BCUT2D eigenvalue weighted by atomic mass is 10.2. The second kappa shape index (κ2) is 5.12. The fourth-order valence-electron chi connectivity index (χ4n) is 1.42. The fourth-order valence-corrected chi connectivity index (χ4v) is 1.42. The number of aromatic nitrogens is 1. The standard InChI is InChI=1S/C13H13N3O/c14-12-3-1-10(2-4-12)9-16-13(17)11-5-7-15-8-6-11/h1-8H,9,14H2,(H,16,17). The zero-order valence-corrected chi connectivity index (χ0v) is 9.26. The van der Waals surface area contributed by atoms with Gasteiger partial charge < -0.3 is 11.1 Å². The average Bonchev–Trinajstić information content (AvgIpc) is 2.39. The molecule has 0 atom stereocenters. The molecule has 0 bridgehead atoms. The number of hydrogen-bond donors (Lipinski definition) is 2. The molecule has 4 nitrogen and oxygen atoms in total. The Hall–Kier alpha value is -2.36. The third kappa shape index (κ3) is 3.04. The van der Waals surface area contributed by atoms with Gasteiger partial charge in [-0.05, 0) is 29.8 Å². The van der Waals surface area contributed by atoms with E-state index in [1.165, 1.54) is 0 Å². The van der Waals surface area contributed by atoms with Crippen LogP contribution in [-0.2, 0) is 6.54 Å². The first-order valence-corrected chi connectivity index (χ1v) is 5.28. The van der Waals surface area contributed by atoms with E-state index in [1.54, 1.807) is 24.5 Å². The first-order valence-electron chi connectivity index (χ1n) is 5.28. The highest BCUT2D eigenvalue weighted by atomic mass is 16.1. The maximum atomic E-state index is 11.7. The van der Waals surface area contributed by atoms with Crippen LogP contribution >= 0.6 is 0 Å². The molecule has 4 heteroatoms. The van der Waals surface area contributed by atoms with Gasteiger partial charge in [-0.3, -0.25) is 9.78 Å². The van der Waals surface area contributed by atoms with Crippen LogP contribution < -0.4 is 11.1 Å². The minimum atomic E-state index is -0.107. The van der Waals surface area contributed by atoms with E-state index in [4.69, 9.17) is 5.73 Å². The van der Waals surface area contributed by atoms with E-state index in [-0.39, 0.29) is 5.91 Å². The molecule has 86 valence electrons. The number of carbonyl (C=O) groups excluding carboxylic acids is 1. The smallest absolute Gasteiger partial charge is 0.251 e. The van der Waals surface area contributed by atoms with Crippen LogP contribution in [0.5, 0.6) is 0 Å². The van der Waals surface area contributed by atoms with Crippen molar-refractivity contribution in [2.24, 2.45) is 0 Å². The molecule has 0 saturated heterocycles. The number of rotatable bonds is 3. The van der Waals surface area contributed by atoms with Crippen LogP contribution in [-0.4, -0.2) is 10.9 Å². The predicted molar refractivity (Wildman–Crippen MR) is 66.3 cm³/mol. The molecule has 0 spiro atoms. The third-order valence-corrected chi connectivity index (χ3v) is 2.38. The van der Waals surface area contributed by atoms with Gasteiger partial charge in [0.25, 0.3) is 5.91 Å². The van der Waals surface area contributed by atoms with Crippen LogP contribution in [0, 0.1) is 0 Å². The summed E-state index contributed by atoms with van der Waals surface area (Å²) in [6.07, 6.45) is 3.19. The molecule has 1 amide bonds. The Kier molecular flexibility index (Phi) is 3.35. The second-order valence-electron chi connectivity index (χ2n) is 3.66. The molecule has 0 fully saturated rings. The number of pyridine rings is 1. The summed E-state index contributed by atoms with van der Waals surface area (Å²) in [7, 11) is 0. The van der Waals surface area contributed by atoms with Gasteiger partial charge in [0.05, 0.1) is 0 Å². The SMILES string of the molecule is Nc1ccc(CNC(=O)c2ccncc2)cc1. The van der Waals surface area contributed by atoms with Crippen molar-refractivity contribution < 1.29 is 4.79 Å². The molecule has 17 heavy (non-hydrogen) atoms. The topological polar surface area (TPSA) is 68.0 Å². The molecule has 1 aromatic heterocycles. The van der Waals surface area contributed by atoms with Crippen LogP contribution in [0.3, 0.4) is 0 Å². The normalized spacial score (nSPS) is 9.88. The molecule has 2 aromatic rings. The molecule has 0 unspecified atom stereocenters.